The van der Waals surface area contributed by atoms with Crippen LogP contribution in [0.5, 0.6) is 0 Å². The van der Waals surface area contributed by atoms with E-state index in [2.05, 4.69) is 120 Å². The van der Waals surface area contributed by atoms with Crippen molar-refractivity contribution in [3.8, 4) is 47.4 Å². The molecule has 0 unspecified atom stereocenters. The van der Waals surface area contributed by atoms with Crippen LogP contribution in [0.3, 0.4) is 0 Å². The average molecular weight is 1790 g/mol. The number of hydrogen-bond acceptors (Lipinski definition) is 20. The molecule has 8 spiro atoms. The van der Waals surface area contributed by atoms with Crippen LogP contribution in [-0.4, -0.2) is 197 Å². The van der Waals surface area contributed by atoms with Gasteiger partial charge in [-0.1, -0.05) is 71.6 Å². The predicted octanol–water partition coefficient (Wildman–Crippen LogP) is 12.4. The summed E-state index contributed by atoms with van der Waals surface area (Å²) in [4.78, 5) is 84.3. The van der Waals surface area contributed by atoms with E-state index >= 15 is 0 Å². The lowest BCUT2D eigenvalue weighted by Crippen LogP contribution is -2.53. The molecule has 12 aliphatic carbocycles. The van der Waals surface area contributed by atoms with Crippen LogP contribution in [0, 0.1) is 92.7 Å². The number of amides is 4. The van der Waals surface area contributed by atoms with Gasteiger partial charge in [-0.2, -0.15) is 0 Å². The van der Waals surface area contributed by atoms with Crippen molar-refractivity contribution in [1.29, 1.82) is 0 Å². The highest BCUT2D eigenvalue weighted by molar-refractivity contribution is 6.11. The van der Waals surface area contributed by atoms with Crippen LogP contribution in [-0.2, 0) is 105 Å². The largest absolute Gasteiger partial charge is 0.381 e. The van der Waals surface area contributed by atoms with E-state index in [1.54, 1.807) is 48.0 Å². The Morgan fingerprint density at radius 2 is 0.515 bits per heavy atom. The molecule has 24 rings (SSSR count). The molecule has 20 aliphatic rings. The van der Waals surface area contributed by atoms with E-state index in [-0.39, 0.29) is 94.1 Å². The molecule has 8 heterocycles. The minimum absolute atomic E-state index is 0.0254. The van der Waals surface area contributed by atoms with Crippen molar-refractivity contribution in [2.24, 2.45) is 88.2 Å². The van der Waals surface area contributed by atoms with Crippen LogP contribution in [0.1, 0.15) is 272 Å². The van der Waals surface area contributed by atoms with Crippen LogP contribution in [0.15, 0.2) is 92.8 Å². The maximum atomic E-state index is 14.3. The molecule has 24 nitrogen and oxygen atoms in total. The zero-order chi connectivity index (χ0) is 90.5. The summed E-state index contributed by atoms with van der Waals surface area (Å²) in [6, 6.07) is 25.7. The van der Waals surface area contributed by atoms with Gasteiger partial charge in [-0.3, -0.25) is 38.8 Å². The molecule has 4 amide bonds. The van der Waals surface area contributed by atoms with Crippen molar-refractivity contribution in [1.82, 2.24) is 19.6 Å². The minimum atomic E-state index is -0.957. The number of methoxy groups -OCH3 is 4. The molecule has 8 aliphatic heterocycles. The zero-order valence-electron chi connectivity index (χ0n) is 77.8. The van der Waals surface area contributed by atoms with E-state index in [9.17, 15) is 19.2 Å². The van der Waals surface area contributed by atoms with Crippen LogP contribution in [0.25, 0.3) is 0 Å². The van der Waals surface area contributed by atoms with Gasteiger partial charge in [-0.05, 0) is 324 Å². The second-order valence-electron chi connectivity index (χ2n) is 42.2. The summed E-state index contributed by atoms with van der Waals surface area (Å²) in [5.74, 6) is 30.5. The Hall–Kier alpha value is -9.44. The summed E-state index contributed by atoms with van der Waals surface area (Å²) in [5, 5.41) is 0. The lowest BCUT2D eigenvalue weighted by molar-refractivity contribution is -0.140. The number of nitrogens with two attached hydrogens (primary N) is 4. The first-order chi connectivity index (χ1) is 64.2. The third-order valence-corrected chi connectivity index (χ3v) is 34.2. The smallest absolute Gasteiger partial charge is 0.262 e. The number of fused-ring (bicyclic) bond motifs is 12. The van der Waals surface area contributed by atoms with E-state index in [0.717, 1.165) is 251 Å². The second kappa shape index (κ2) is 35.7. The molecule has 12 fully saturated rings. The van der Waals surface area contributed by atoms with E-state index < -0.39 is 22.2 Å². The number of aliphatic imine (C=N–C) groups is 4. The molecule has 4 saturated heterocycles. The van der Waals surface area contributed by atoms with Crippen LogP contribution < -0.4 is 22.9 Å². The SMILES string of the molecule is COC1CCC2(CC1)Cc1ccc(C#CC3CC3)cc1[C@@]21N=C(N)N(C[C@@H]2CCCO2)C1=O.COC1CCC2(CC1)Cc1ccc(C#CC3CC3)cc1[C@@]21N=C(N)N(C[C@H]2CCCO2)C1=O.COC1CCC2(CC1)Cc1ccc(C#CC3CC3)cc1[C@]21N=C(N)N(C[C@@H]2CCCO2)C1=O.COC1CCC2(CC1)Cc1ccc(C#CC3CC3)cc1[C@]21N=C(N)N(C[C@H]2CCCO2)C1=O. The number of ether oxygens (including phenoxy) is 8. The third kappa shape index (κ3) is 15.8. The van der Waals surface area contributed by atoms with Crippen LogP contribution in [0.4, 0.5) is 0 Å². The zero-order valence-corrected chi connectivity index (χ0v) is 77.8. The van der Waals surface area contributed by atoms with Gasteiger partial charge in [0.2, 0.25) is 0 Å². The number of guanidine groups is 4. The van der Waals surface area contributed by atoms with E-state index in [1.165, 1.54) is 73.6 Å². The van der Waals surface area contributed by atoms with E-state index in [0.29, 0.717) is 73.7 Å². The number of rotatable bonds is 12. The van der Waals surface area contributed by atoms with Gasteiger partial charge in [0.15, 0.2) is 46.0 Å². The van der Waals surface area contributed by atoms with Crippen molar-refractivity contribution < 1.29 is 57.1 Å². The highest BCUT2D eigenvalue weighted by Crippen LogP contribution is 2.67. The molecule has 132 heavy (non-hydrogen) atoms. The summed E-state index contributed by atoms with van der Waals surface area (Å²) in [5.41, 5.74) is 33.9. The first-order valence-corrected chi connectivity index (χ1v) is 50.0. The molecular formula is C108H132N12O12. The third-order valence-electron chi connectivity index (χ3n) is 34.2. The van der Waals surface area contributed by atoms with Crippen LogP contribution in [0.2, 0.25) is 0 Å². The molecule has 8 atom stereocenters. The van der Waals surface area contributed by atoms with Crippen molar-refractivity contribution in [3.63, 3.8) is 0 Å². The molecule has 4 aromatic carbocycles. The summed E-state index contributed by atoms with van der Waals surface area (Å²) >= 11 is 0. The highest BCUT2D eigenvalue weighted by Gasteiger charge is 2.72. The topological polar surface area (TPSA) is 309 Å². The maximum absolute atomic E-state index is 14.3. The van der Waals surface area contributed by atoms with Gasteiger partial charge >= 0.3 is 0 Å². The van der Waals surface area contributed by atoms with Gasteiger partial charge in [0.25, 0.3) is 23.6 Å². The Bertz CT molecular complexity index is 4890. The molecule has 0 radical (unpaired) electrons. The molecule has 8 saturated carbocycles. The van der Waals surface area contributed by atoms with E-state index in [1.807, 2.05) is 0 Å². The summed E-state index contributed by atoms with van der Waals surface area (Å²) in [6.07, 6.45) is 36.8. The summed E-state index contributed by atoms with van der Waals surface area (Å²) in [6.45, 7) is 4.97. The predicted molar refractivity (Wildman–Crippen MR) is 502 cm³/mol. The number of hydrogen-bond donors (Lipinski definition) is 4. The molecule has 4 aromatic rings. The fourth-order valence-corrected chi connectivity index (χ4v) is 26.1. The fourth-order valence-electron chi connectivity index (χ4n) is 26.1. The van der Waals surface area contributed by atoms with Gasteiger partial charge in [-0.15, -0.1) is 0 Å². The number of benzene rings is 4. The van der Waals surface area contributed by atoms with Crippen molar-refractivity contribution in [2.45, 2.75) is 302 Å². The fraction of sp³-hybridized carbons (Fsp3) is 0.630. The van der Waals surface area contributed by atoms with Gasteiger partial charge < -0.3 is 60.8 Å². The van der Waals surface area contributed by atoms with E-state index in [4.69, 9.17) is 80.8 Å². The lowest BCUT2D eigenvalue weighted by atomic mass is 9.61. The Kier molecular flexibility index (Phi) is 24.1. The monoisotopic (exact) mass is 1790 g/mol. The van der Waals surface area contributed by atoms with Gasteiger partial charge in [0, 0.05) is 122 Å². The molecular weight excluding hydrogens is 1660 g/mol. The molecule has 24 heteroatoms. The standard InChI is InChI=1S/4C27H33N3O3/c4*1-32-21-10-12-26(13-11-21)16-20-9-8-19(7-6-18-4-5-18)15-23(20)27(26)24(31)30(25(28)29-27)17-22-3-2-14-33-22/h4*8-9,15,18,21-22H,2-5,10-14,16-17H2,1H3,(H2,28,29)/t2*21?,22-,26?,27+;2*21?,22-,26?,27-/m1010/s1. The van der Waals surface area contributed by atoms with Gasteiger partial charge in [0.05, 0.1) is 75.0 Å². The Labute approximate surface area is 778 Å². The average Bonchev–Trinajstić information content (AvgIpc) is 1.54. The molecule has 0 bridgehead atoms. The Morgan fingerprint density at radius 1 is 0.311 bits per heavy atom. The summed E-state index contributed by atoms with van der Waals surface area (Å²) in [7, 11) is 7.14. The van der Waals surface area contributed by atoms with Crippen molar-refractivity contribution in [3.05, 3.63) is 140 Å². The molecule has 8 N–H and O–H groups in total. The van der Waals surface area contributed by atoms with Crippen molar-refractivity contribution >= 4 is 47.5 Å². The lowest BCUT2D eigenvalue weighted by Gasteiger charge is -2.45. The number of nitrogens with zero attached hydrogens (tertiary/aromatic N) is 8. The number of carbonyl (C=O) groups excluding carboxylic acids is 4. The normalized spacial score (nSPS) is 35.1. The number of carbonyl (C=O) groups is 4. The Morgan fingerprint density at radius 3 is 0.689 bits per heavy atom. The second-order valence-corrected chi connectivity index (χ2v) is 42.2. The first kappa shape index (κ1) is 89.1. The van der Waals surface area contributed by atoms with Crippen molar-refractivity contribution in [2.75, 3.05) is 81.0 Å². The van der Waals surface area contributed by atoms with Gasteiger partial charge in [-0.25, -0.2) is 20.0 Å². The minimum Gasteiger partial charge on any atom is -0.381 e. The Balaban J connectivity index is 0.000000106. The quantitative estimate of drug-likeness (QED) is 0.0958. The molecule has 696 valence electrons. The van der Waals surface area contributed by atoms with Gasteiger partial charge in [0.1, 0.15) is 0 Å². The van der Waals surface area contributed by atoms with Crippen LogP contribution >= 0.6 is 0 Å². The maximum Gasteiger partial charge on any atom is 0.262 e. The molecule has 0 aromatic heterocycles. The highest BCUT2D eigenvalue weighted by atomic mass is 16.5. The first-order valence-electron chi connectivity index (χ1n) is 50.0. The summed E-state index contributed by atoms with van der Waals surface area (Å²) < 4.78 is 46.0.